The molecular weight excluding hydrogens is 332 g/mol. The van der Waals surface area contributed by atoms with Gasteiger partial charge < -0.3 is 5.32 Å². The predicted octanol–water partition coefficient (Wildman–Crippen LogP) is 4.79. The number of thioether (sulfide) groups is 1. The molecule has 1 N–H and O–H groups in total. The molecule has 2 atom stereocenters. The van der Waals surface area contributed by atoms with Gasteiger partial charge in [0, 0.05) is 10.2 Å². The fourth-order valence-corrected chi connectivity index (χ4v) is 4.21. The van der Waals surface area contributed by atoms with E-state index in [1.54, 1.807) is 0 Å². The minimum Gasteiger partial charge on any atom is -0.334 e. The summed E-state index contributed by atoms with van der Waals surface area (Å²) in [4.78, 5) is 4.80. The average Bonchev–Trinajstić information content (AvgIpc) is 2.81. The van der Waals surface area contributed by atoms with Crippen LogP contribution < -0.4 is 5.32 Å². The van der Waals surface area contributed by atoms with Crippen molar-refractivity contribution >= 4 is 50.1 Å². The van der Waals surface area contributed by atoms with Gasteiger partial charge in [-0.05, 0) is 37.0 Å². The van der Waals surface area contributed by atoms with E-state index in [0.717, 1.165) is 26.3 Å². The molecule has 0 bridgehead atoms. The van der Waals surface area contributed by atoms with Crippen LogP contribution in [0.1, 0.15) is 19.3 Å². The SMILES string of the molecule is Clc1ccc(Br)cc1NC1=NC2CCCC2CS1. The van der Waals surface area contributed by atoms with E-state index < -0.39 is 0 Å². The van der Waals surface area contributed by atoms with E-state index in [0.29, 0.717) is 6.04 Å². The lowest BCUT2D eigenvalue weighted by Crippen LogP contribution is -2.25. The van der Waals surface area contributed by atoms with Crippen molar-refractivity contribution in [3.8, 4) is 0 Å². The molecule has 1 aromatic carbocycles. The number of nitrogens with one attached hydrogen (secondary N) is 1. The third kappa shape index (κ3) is 2.70. The number of hydrogen-bond donors (Lipinski definition) is 1. The molecule has 1 aliphatic heterocycles. The third-order valence-electron chi connectivity index (χ3n) is 3.51. The maximum absolute atomic E-state index is 6.18. The van der Waals surface area contributed by atoms with Crippen molar-refractivity contribution in [1.29, 1.82) is 0 Å². The van der Waals surface area contributed by atoms with Gasteiger partial charge in [-0.3, -0.25) is 4.99 Å². The van der Waals surface area contributed by atoms with Gasteiger partial charge in [0.1, 0.15) is 0 Å². The lowest BCUT2D eigenvalue weighted by molar-refractivity contribution is 0.535. The van der Waals surface area contributed by atoms with Crippen molar-refractivity contribution in [3.05, 3.63) is 27.7 Å². The van der Waals surface area contributed by atoms with E-state index in [4.69, 9.17) is 16.6 Å². The number of nitrogens with zero attached hydrogens (tertiary/aromatic N) is 1. The first-order valence-electron chi connectivity index (χ1n) is 6.15. The summed E-state index contributed by atoms with van der Waals surface area (Å²) < 4.78 is 1.02. The highest BCUT2D eigenvalue weighted by Gasteiger charge is 2.31. The second kappa shape index (κ2) is 5.43. The fraction of sp³-hybridized carbons (Fsp3) is 0.462. The molecule has 0 radical (unpaired) electrons. The molecule has 1 fully saturated rings. The lowest BCUT2D eigenvalue weighted by atomic mass is 10.1. The monoisotopic (exact) mass is 344 g/mol. The summed E-state index contributed by atoms with van der Waals surface area (Å²) in [5, 5.41) is 5.10. The Kier molecular flexibility index (Phi) is 3.87. The number of amidine groups is 1. The number of hydrogen-bond acceptors (Lipinski definition) is 3. The highest BCUT2D eigenvalue weighted by Crippen LogP contribution is 2.36. The quantitative estimate of drug-likeness (QED) is 0.791. The molecular formula is C13H14BrClN2S. The molecule has 0 aromatic heterocycles. The largest absolute Gasteiger partial charge is 0.334 e. The number of halogens is 2. The molecule has 18 heavy (non-hydrogen) atoms. The highest BCUT2D eigenvalue weighted by molar-refractivity contribution is 9.10. The molecule has 2 unspecified atom stereocenters. The van der Waals surface area contributed by atoms with E-state index in [-0.39, 0.29) is 0 Å². The first-order valence-corrected chi connectivity index (χ1v) is 8.31. The summed E-state index contributed by atoms with van der Waals surface area (Å²) in [6.45, 7) is 0. The summed E-state index contributed by atoms with van der Waals surface area (Å²) in [6, 6.07) is 6.35. The molecule has 1 heterocycles. The number of fused-ring (bicyclic) bond motifs is 1. The number of anilines is 1. The fourth-order valence-electron chi connectivity index (χ4n) is 2.53. The van der Waals surface area contributed by atoms with E-state index in [1.165, 1.54) is 25.0 Å². The summed E-state index contributed by atoms with van der Waals surface area (Å²) in [7, 11) is 0. The van der Waals surface area contributed by atoms with Crippen molar-refractivity contribution in [2.75, 3.05) is 11.1 Å². The Morgan fingerprint density at radius 2 is 2.28 bits per heavy atom. The Morgan fingerprint density at radius 1 is 1.39 bits per heavy atom. The second-order valence-electron chi connectivity index (χ2n) is 4.75. The molecule has 5 heteroatoms. The minimum atomic E-state index is 0.527. The van der Waals surface area contributed by atoms with Crippen LogP contribution in [-0.2, 0) is 0 Å². The van der Waals surface area contributed by atoms with Crippen molar-refractivity contribution in [3.63, 3.8) is 0 Å². The smallest absolute Gasteiger partial charge is 0.161 e. The summed E-state index contributed by atoms with van der Waals surface area (Å²) in [5.41, 5.74) is 0.925. The number of aliphatic imine (C=N–C) groups is 1. The van der Waals surface area contributed by atoms with Crippen LogP contribution in [0.3, 0.4) is 0 Å². The molecule has 0 saturated heterocycles. The van der Waals surface area contributed by atoms with E-state index in [2.05, 4.69) is 21.2 Å². The number of benzene rings is 1. The van der Waals surface area contributed by atoms with Crippen molar-refractivity contribution in [2.24, 2.45) is 10.9 Å². The van der Waals surface area contributed by atoms with Gasteiger partial charge in [0.05, 0.1) is 16.8 Å². The summed E-state index contributed by atoms with van der Waals surface area (Å²) in [5.74, 6) is 1.97. The standard InChI is InChI=1S/C13H14BrClN2S/c14-9-4-5-10(15)12(6-9)17-13-16-11-3-1-2-8(11)7-18-13/h4-6,8,11H,1-3,7H2,(H,16,17). The minimum absolute atomic E-state index is 0.527. The van der Waals surface area contributed by atoms with Gasteiger partial charge in [0.2, 0.25) is 0 Å². The van der Waals surface area contributed by atoms with Gasteiger partial charge in [-0.1, -0.05) is 45.7 Å². The predicted molar refractivity (Wildman–Crippen MR) is 83.8 cm³/mol. The van der Waals surface area contributed by atoms with Crippen LogP contribution in [0.5, 0.6) is 0 Å². The Morgan fingerprint density at radius 3 is 3.17 bits per heavy atom. The van der Waals surface area contributed by atoms with Gasteiger partial charge >= 0.3 is 0 Å². The Hall–Kier alpha value is -0.190. The van der Waals surface area contributed by atoms with Gasteiger partial charge in [0.25, 0.3) is 0 Å². The Labute approximate surface area is 125 Å². The molecule has 2 nitrogen and oxygen atoms in total. The zero-order chi connectivity index (χ0) is 12.5. The van der Waals surface area contributed by atoms with Crippen molar-refractivity contribution in [2.45, 2.75) is 25.3 Å². The van der Waals surface area contributed by atoms with Gasteiger partial charge in [-0.25, -0.2) is 0 Å². The molecule has 2 aliphatic rings. The third-order valence-corrected chi connectivity index (χ3v) is 5.40. The first kappa shape index (κ1) is 12.8. The molecule has 1 aromatic rings. The molecule has 0 spiro atoms. The molecule has 1 saturated carbocycles. The van der Waals surface area contributed by atoms with E-state index in [9.17, 15) is 0 Å². The Balaban J connectivity index is 1.78. The Bertz CT molecular complexity index is 492. The lowest BCUT2D eigenvalue weighted by Gasteiger charge is -2.23. The van der Waals surface area contributed by atoms with E-state index in [1.807, 2.05) is 30.0 Å². The van der Waals surface area contributed by atoms with Gasteiger partial charge in [-0.2, -0.15) is 0 Å². The number of rotatable bonds is 1. The molecule has 0 amide bonds. The van der Waals surface area contributed by atoms with Crippen LogP contribution in [-0.4, -0.2) is 17.0 Å². The molecule has 1 aliphatic carbocycles. The molecule has 3 rings (SSSR count). The molecule has 96 valence electrons. The zero-order valence-corrected chi connectivity index (χ0v) is 13.0. The maximum Gasteiger partial charge on any atom is 0.161 e. The highest BCUT2D eigenvalue weighted by atomic mass is 79.9. The second-order valence-corrected chi connectivity index (χ2v) is 7.08. The van der Waals surface area contributed by atoms with Crippen molar-refractivity contribution < 1.29 is 0 Å². The van der Waals surface area contributed by atoms with Crippen LogP contribution in [0, 0.1) is 5.92 Å². The van der Waals surface area contributed by atoms with Crippen LogP contribution in [0.15, 0.2) is 27.7 Å². The zero-order valence-electron chi connectivity index (χ0n) is 9.83. The van der Waals surface area contributed by atoms with Crippen LogP contribution >= 0.6 is 39.3 Å². The van der Waals surface area contributed by atoms with Crippen LogP contribution in [0.4, 0.5) is 5.69 Å². The maximum atomic E-state index is 6.18. The van der Waals surface area contributed by atoms with Crippen LogP contribution in [0.25, 0.3) is 0 Å². The van der Waals surface area contributed by atoms with Gasteiger partial charge in [0.15, 0.2) is 5.17 Å². The van der Waals surface area contributed by atoms with E-state index >= 15 is 0 Å². The average molecular weight is 346 g/mol. The normalized spacial score (nSPS) is 26.7. The van der Waals surface area contributed by atoms with Gasteiger partial charge in [-0.15, -0.1) is 0 Å². The first-order chi connectivity index (χ1) is 8.72. The summed E-state index contributed by atoms with van der Waals surface area (Å²) >= 11 is 11.5. The topological polar surface area (TPSA) is 24.4 Å². The summed E-state index contributed by atoms with van der Waals surface area (Å²) in [6.07, 6.45) is 3.90. The van der Waals surface area contributed by atoms with Crippen molar-refractivity contribution in [1.82, 2.24) is 0 Å². The van der Waals surface area contributed by atoms with Crippen LogP contribution in [0.2, 0.25) is 5.02 Å².